The van der Waals surface area contributed by atoms with Gasteiger partial charge in [0.05, 0.1) is 11.2 Å². The first-order valence-electron chi connectivity index (χ1n) is 5.12. The third-order valence-corrected chi connectivity index (χ3v) is 2.34. The second-order valence-electron chi connectivity index (χ2n) is 3.59. The summed E-state index contributed by atoms with van der Waals surface area (Å²) in [5, 5.41) is 4.88. The summed E-state index contributed by atoms with van der Waals surface area (Å²) in [7, 11) is 0. The number of rotatable bonds is 2. The van der Waals surface area contributed by atoms with Gasteiger partial charge in [-0.1, -0.05) is 18.2 Å². The molecule has 0 atom stereocenters. The molecule has 0 saturated heterocycles. The van der Waals surface area contributed by atoms with Crippen LogP contribution in [-0.4, -0.2) is 16.7 Å². The molecule has 1 aromatic carbocycles. The van der Waals surface area contributed by atoms with Gasteiger partial charge in [-0.15, -0.1) is 0 Å². The zero-order valence-electron chi connectivity index (χ0n) is 9.34. The number of carbonyl (C=O) groups excluding carboxylic acids is 1. The average Bonchev–Trinajstić information content (AvgIpc) is 2.35. The molecular formula is C12H12N4O. The lowest BCUT2D eigenvalue weighted by Gasteiger charge is -2.02. The molecule has 86 valence electrons. The van der Waals surface area contributed by atoms with E-state index >= 15 is 0 Å². The Balaban J connectivity index is 2.36. The van der Waals surface area contributed by atoms with E-state index < -0.39 is 6.03 Å². The van der Waals surface area contributed by atoms with Crippen LogP contribution in [0.15, 0.2) is 41.6 Å². The van der Waals surface area contributed by atoms with Gasteiger partial charge in [0.2, 0.25) is 0 Å². The van der Waals surface area contributed by atoms with Crippen molar-refractivity contribution in [3.8, 4) is 0 Å². The second kappa shape index (κ2) is 4.61. The fourth-order valence-corrected chi connectivity index (χ4v) is 1.47. The molecule has 1 heterocycles. The third kappa shape index (κ3) is 2.57. The Morgan fingerprint density at radius 2 is 2.18 bits per heavy atom. The van der Waals surface area contributed by atoms with Crippen molar-refractivity contribution in [2.24, 2.45) is 10.8 Å². The van der Waals surface area contributed by atoms with Crippen molar-refractivity contribution in [2.45, 2.75) is 6.92 Å². The Morgan fingerprint density at radius 3 is 2.94 bits per heavy atom. The number of hydrogen-bond acceptors (Lipinski definition) is 3. The van der Waals surface area contributed by atoms with E-state index in [1.165, 1.54) is 0 Å². The van der Waals surface area contributed by atoms with Gasteiger partial charge in [0.15, 0.2) is 0 Å². The number of nitrogens with one attached hydrogen (secondary N) is 1. The van der Waals surface area contributed by atoms with Crippen molar-refractivity contribution in [3.63, 3.8) is 0 Å². The molecule has 0 fully saturated rings. The topological polar surface area (TPSA) is 80.4 Å². The highest BCUT2D eigenvalue weighted by atomic mass is 16.2. The maximum absolute atomic E-state index is 10.5. The molecule has 1 aromatic heterocycles. The summed E-state index contributed by atoms with van der Waals surface area (Å²) in [5.74, 6) is 0. The molecule has 0 aliphatic rings. The number of aromatic nitrogens is 1. The molecule has 0 bridgehead atoms. The molecule has 0 aliphatic heterocycles. The van der Waals surface area contributed by atoms with E-state index in [2.05, 4.69) is 15.5 Å². The normalized spacial score (nSPS) is 11.5. The van der Waals surface area contributed by atoms with Gasteiger partial charge in [-0.3, -0.25) is 4.98 Å². The second-order valence-corrected chi connectivity index (χ2v) is 3.59. The van der Waals surface area contributed by atoms with Gasteiger partial charge >= 0.3 is 6.03 Å². The number of urea groups is 1. The minimum absolute atomic E-state index is 0.655. The number of nitrogens with two attached hydrogens (primary N) is 1. The first kappa shape index (κ1) is 11.1. The molecule has 2 amide bonds. The van der Waals surface area contributed by atoms with E-state index in [1.807, 2.05) is 30.3 Å². The van der Waals surface area contributed by atoms with Crippen LogP contribution in [0.1, 0.15) is 12.5 Å². The summed E-state index contributed by atoms with van der Waals surface area (Å²) in [4.78, 5) is 14.8. The number of hydrogen-bond donors (Lipinski definition) is 2. The molecule has 3 N–H and O–H groups in total. The van der Waals surface area contributed by atoms with Crippen LogP contribution in [0, 0.1) is 0 Å². The number of carbonyl (C=O) groups is 1. The lowest BCUT2D eigenvalue weighted by molar-refractivity contribution is 0.249. The number of nitrogens with zero attached hydrogens (tertiary/aromatic N) is 2. The molecule has 2 rings (SSSR count). The smallest absolute Gasteiger partial charge is 0.332 e. The van der Waals surface area contributed by atoms with E-state index in [0.29, 0.717) is 5.71 Å². The van der Waals surface area contributed by atoms with Gasteiger partial charge in [-0.05, 0) is 19.1 Å². The lowest BCUT2D eigenvalue weighted by Crippen LogP contribution is -2.25. The first-order valence-corrected chi connectivity index (χ1v) is 5.12. The summed E-state index contributed by atoms with van der Waals surface area (Å²) in [5.41, 5.74) is 9.55. The summed E-state index contributed by atoms with van der Waals surface area (Å²) >= 11 is 0. The quantitative estimate of drug-likeness (QED) is 0.605. The number of pyridine rings is 1. The summed E-state index contributed by atoms with van der Waals surface area (Å²) in [6.07, 6.45) is 1.71. The summed E-state index contributed by atoms with van der Waals surface area (Å²) < 4.78 is 0. The zero-order chi connectivity index (χ0) is 12.3. The largest absolute Gasteiger partial charge is 0.350 e. The number of hydrazone groups is 1. The maximum Gasteiger partial charge on any atom is 0.332 e. The van der Waals surface area contributed by atoms with Gasteiger partial charge in [-0.25, -0.2) is 10.2 Å². The predicted octanol–water partition coefficient (Wildman–Crippen LogP) is 1.63. The van der Waals surface area contributed by atoms with Gasteiger partial charge in [0, 0.05) is 17.1 Å². The monoisotopic (exact) mass is 228 g/mol. The van der Waals surface area contributed by atoms with E-state index in [1.54, 1.807) is 13.1 Å². The van der Waals surface area contributed by atoms with Gasteiger partial charge < -0.3 is 5.73 Å². The van der Waals surface area contributed by atoms with Crippen LogP contribution in [0.25, 0.3) is 10.9 Å². The molecule has 5 nitrogen and oxygen atoms in total. The molecule has 0 radical (unpaired) electrons. The Bertz CT molecular complexity index is 592. The summed E-state index contributed by atoms with van der Waals surface area (Å²) in [6, 6.07) is 9.07. The molecular weight excluding hydrogens is 216 g/mol. The molecule has 0 unspecified atom stereocenters. The van der Waals surface area contributed by atoms with Crippen LogP contribution >= 0.6 is 0 Å². The number of primary amides is 1. The van der Waals surface area contributed by atoms with E-state index in [0.717, 1.165) is 16.5 Å². The van der Waals surface area contributed by atoms with E-state index in [4.69, 9.17) is 5.73 Å². The molecule has 5 heteroatoms. The maximum atomic E-state index is 10.5. The predicted molar refractivity (Wildman–Crippen MR) is 66.7 cm³/mol. The Kier molecular flexibility index (Phi) is 3.00. The molecule has 2 aromatic rings. The van der Waals surface area contributed by atoms with Gasteiger partial charge in [0.1, 0.15) is 0 Å². The van der Waals surface area contributed by atoms with Crippen LogP contribution in [0.2, 0.25) is 0 Å². The van der Waals surface area contributed by atoms with E-state index in [9.17, 15) is 4.79 Å². The standard InChI is InChI=1S/C12H12N4O/c1-8(15-16-12(13)17)10-6-9-4-2-3-5-11(9)14-7-10/h2-7H,1H3,(H3,13,16,17). The summed E-state index contributed by atoms with van der Waals surface area (Å²) in [6.45, 7) is 1.78. The van der Waals surface area contributed by atoms with Crippen molar-refractivity contribution in [1.29, 1.82) is 0 Å². The van der Waals surface area contributed by atoms with Gasteiger partial charge in [0.25, 0.3) is 0 Å². The number of benzene rings is 1. The van der Waals surface area contributed by atoms with Crippen LogP contribution in [-0.2, 0) is 0 Å². The van der Waals surface area contributed by atoms with Crippen LogP contribution in [0.5, 0.6) is 0 Å². The van der Waals surface area contributed by atoms with E-state index in [-0.39, 0.29) is 0 Å². The highest BCUT2D eigenvalue weighted by Crippen LogP contribution is 2.13. The van der Waals surface area contributed by atoms with Crippen LogP contribution < -0.4 is 11.2 Å². The number of fused-ring (bicyclic) bond motifs is 1. The van der Waals surface area contributed by atoms with Crippen molar-refractivity contribution < 1.29 is 4.79 Å². The van der Waals surface area contributed by atoms with Crippen molar-refractivity contribution in [2.75, 3.05) is 0 Å². The van der Waals surface area contributed by atoms with Crippen molar-refractivity contribution in [3.05, 3.63) is 42.1 Å². The Hall–Kier alpha value is -2.43. The zero-order valence-corrected chi connectivity index (χ0v) is 9.34. The molecule has 0 aliphatic carbocycles. The Morgan fingerprint density at radius 1 is 1.41 bits per heavy atom. The number of para-hydroxylation sites is 1. The Labute approximate surface area is 98.3 Å². The average molecular weight is 228 g/mol. The fourth-order valence-electron chi connectivity index (χ4n) is 1.47. The lowest BCUT2D eigenvalue weighted by atomic mass is 10.1. The first-order chi connectivity index (χ1) is 8.16. The molecule has 0 saturated carbocycles. The van der Waals surface area contributed by atoms with Gasteiger partial charge in [-0.2, -0.15) is 5.10 Å². The minimum Gasteiger partial charge on any atom is -0.350 e. The van der Waals surface area contributed by atoms with Crippen LogP contribution in [0.4, 0.5) is 4.79 Å². The van der Waals surface area contributed by atoms with Crippen molar-refractivity contribution in [1.82, 2.24) is 10.4 Å². The van der Waals surface area contributed by atoms with Crippen molar-refractivity contribution >= 4 is 22.6 Å². The third-order valence-electron chi connectivity index (χ3n) is 2.34. The highest BCUT2D eigenvalue weighted by Gasteiger charge is 2.01. The highest BCUT2D eigenvalue weighted by molar-refractivity contribution is 6.01. The minimum atomic E-state index is -0.682. The SMILES string of the molecule is CC(=NNC(N)=O)c1cnc2ccccc2c1. The fraction of sp³-hybridized carbons (Fsp3) is 0.0833. The molecule has 17 heavy (non-hydrogen) atoms. The van der Waals surface area contributed by atoms with Crippen LogP contribution in [0.3, 0.4) is 0 Å². The number of amides is 2. The molecule has 0 spiro atoms.